The summed E-state index contributed by atoms with van der Waals surface area (Å²) in [5.74, 6) is -1.77. The predicted octanol–water partition coefficient (Wildman–Crippen LogP) is 1.29. The zero-order valence-electron chi connectivity index (χ0n) is 13.3. The standard InChI is InChI=1S/C16H21BClNO5/c18-13-5-3-11(4-6-13)8-15(20)19-9-12(2-1-7-17(23)24)14(10-19)16(21)22/h3-6,12,14,23-24H,1-2,7-10H2,(H,21,22)/t12-,14+/m0/s1. The summed E-state index contributed by atoms with van der Waals surface area (Å²) in [4.78, 5) is 25.4. The average Bonchev–Trinajstić information content (AvgIpc) is 2.94. The molecule has 3 N–H and O–H groups in total. The quantitative estimate of drug-likeness (QED) is 0.642. The second-order valence-corrected chi connectivity index (χ2v) is 6.65. The zero-order chi connectivity index (χ0) is 17.7. The summed E-state index contributed by atoms with van der Waals surface area (Å²) in [6.45, 7) is 0.596. The third kappa shape index (κ3) is 5.23. The van der Waals surface area contributed by atoms with Gasteiger partial charge in [0.2, 0.25) is 5.91 Å². The van der Waals surface area contributed by atoms with Crippen LogP contribution in [-0.2, 0) is 16.0 Å². The first-order valence-electron chi connectivity index (χ1n) is 7.98. The molecular formula is C16H21BClNO5. The zero-order valence-corrected chi connectivity index (χ0v) is 14.0. The number of carbonyl (C=O) groups excluding carboxylic acids is 1. The molecule has 2 rings (SSSR count). The fourth-order valence-electron chi connectivity index (χ4n) is 3.10. The van der Waals surface area contributed by atoms with Crippen LogP contribution >= 0.6 is 11.6 Å². The van der Waals surface area contributed by atoms with Crippen molar-refractivity contribution in [3.05, 3.63) is 34.9 Å². The summed E-state index contributed by atoms with van der Waals surface area (Å²) in [5.41, 5.74) is 0.836. The number of carbonyl (C=O) groups is 2. The lowest BCUT2D eigenvalue weighted by atomic mass is 9.80. The van der Waals surface area contributed by atoms with Crippen molar-refractivity contribution in [3.8, 4) is 0 Å². The Bertz CT molecular complexity index is 580. The highest BCUT2D eigenvalue weighted by Crippen LogP contribution is 2.29. The average molecular weight is 354 g/mol. The molecule has 0 unspecified atom stereocenters. The van der Waals surface area contributed by atoms with E-state index in [2.05, 4.69) is 0 Å². The molecule has 1 amide bonds. The summed E-state index contributed by atoms with van der Waals surface area (Å²) in [6.07, 6.45) is 1.50. The molecule has 0 bridgehead atoms. The van der Waals surface area contributed by atoms with E-state index in [4.69, 9.17) is 21.6 Å². The van der Waals surface area contributed by atoms with E-state index in [-0.39, 0.29) is 31.1 Å². The van der Waals surface area contributed by atoms with Gasteiger partial charge >= 0.3 is 13.1 Å². The highest BCUT2D eigenvalue weighted by molar-refractivity contribution is 6.40. The number of carboxylic acids is 1. The lowest BCUT2D eigenvalue weighted by molar-refractivity contribution is -0.142. The van der Waals surface area contributed by atoms with E-state index in [1.165, 1.54) is 0 Å². The Morgan fingerprint density at radius 1 is 1.21 bits per heavy atom. The van der Waals surface area contributed by atoms with Crippen LogP contribution in [0.25, 0.3) is 0 Å². The minimum absolute atomic E-state index is 0.103. The van der Waals surface area contributed by atoms with Crippen molar-refractivity contribution in [1.29, 1.82) is 0 Å². The number of benzene rings is 1. The van der Waals surface area contributed by atoms with Crippen LogP contribution in [0.5, 0.6) is 0 Å². The fraction of sp³-hybridized carbons (Fsp3) is 0.500. The van der Waals surface area contributed by atoms with Gasteiger partial charge in [-0.05, 0) is 36.4 Å². The van der Waals surface area contributed by atoms with Crippen molar-refractivity contribution in [2.24, 2.45) is 11.8 Å². The minimum Gasteiger partial charge on any atom is -0.481 e. The third-order valence-electron chi connectivity index (χ3n) is 4.42. The first-order valence-corrected chi connectivity index (χ1v) is 8.35. The molecule has 1 aromatic rings. The molecule has 1 saturated heterocycles. The van der Waals surface area contributed by atoms with Gasteiger partial charge < -0.3 is 20.1 Å². The molecule has 130 valence electrons. The molecular weight excluding hydrogens is 332 g/mol. The Balaban J connectivity index is 1.94. The maximum atomic E-state index is 12.4. The van der Waals surface area contributed by atoms with Crippen molar-refractivity contribution in [2.75, 3.05) is 13.1 Å². The van der Waals surface area contributed by atoms with Crippen LogP contribution in [0, 0.1) is 11.8 Å². The Morgan fingerprint density at radius 2 is 1.88 bits per heavy atom. The van der Waals surface area contributed by atoms with Crippen LogP contribution in [0.1, 0.15) is 18.4 Å². The number of amides is 1. The van der Waals surface area contributed by atoms with Crippen molar-refractivity contribution in [3.63, 3.8) is 0 Å². The maximum Gasteiger partial charge on any atom is 0.451 e. The van der Waals surface area contributed by atoms with Crippen LogP contribution in [-0.4, -0.2) is 52.1 Å². The van der Waals surface area contributed by atoms with Crippen molar-refractivity contribution < 1.29 is 24.7 Å². The number of aliphatic carboxylic acids is 1. The number of rotatable bonds is 7. The van der Waals surface area contributed by atoms with Crippen LogP contribution in [0.15, 0.2) is 24.3 Å². The van der Waals surface area contributed by atoms with E-state index in [0.29, 0.717) is 24.4 Å². The maximum absolute atomic E-state index is 12.4. The molecule has 24 heavy (non-hydrogen) atoms. The van der Waals surface area contributed by atoms with Gasteiger partial charge in [-0.2, -0.15) is 0 Å². The van der Waals surface area contributed by atoms with Crippen molar-refractivity contribution in [1.82, 2.24) is 4.90 Å². The predicted molar refractivity (Wildman–Crippen MR) is 90.6 cm³/mol. The van der Waals surface area contributed by atoms with E-state index < -0.39 is 19.0 Å². The van der Waals surface area contributed by atoms with Crippen LogP contribution in [0.2, 0.25) is 11.3 Å². The number of hydrogen-bond acceptors (Lipinski definition) is 4. The topological polar surface area (TPSA) is 98.1 Å². The number of likely N-dealkylation sites (tertiary alicyclic amines) is 1. The second-order valence-electron chi connectivity index (χ2n) is 6.22. The summed E-state index contributed by atoms with van der Waals surface area (Å²) >= 11 is 5.82. The van der Waals surface area contributed by atoms with Gasteiger partial charge in [0.05, 0.1) is 12.3 Å². The smallest absolute Gasteiger partial charge is 0.451 e. The summed E-state index contributed by atoms with van der Waals surface area (Å²) < 4.78 is 0. The third-order valence-corrected chi connectivity index (χ3v) is 4.67. The van der Waals surface area contributed by atoms with E-state index >= 15 is 0 Å². The number of nitrogens with zero attached hydrogens (tertiary/aromatic N) is 1. The van der Waals surface area contributed by atoms with Crippen molar-refractivity contribution >= 4 is 30.6 Å². The monoisotopic (exact) mass is 353 g/mol. The largest absolute Gasteiger partial charge is 0.481 e. The number of hydrogen-bond donors (Lipinski definition) is 3. The first-order chi connectivity index (χ1) is 11.4. The molecule has 1 fully saturated rings. The molecule has 1 aromatic carbocycles. The number of carboxylic acid groups (broad SMARTS) is 1. The molecule has 0 aromatic heterocycles. The Labute approximate surface area is 146 Å². The highest BCUT2D eigenvalue weighted by Gasteiger charge is 2.39. The molecule has 8 heteroatoms. The highest BCUT2D eigenvalue weighted by atomic mass is 35.5. The second kappa shape index (κ2) is 8.51. The van der Waals surface area contributed by atoms with Gasteiger partial charge in [-0.15, -0.1) is 0 Å². The molecule has 1 aliphatic heterocycles. The summed E-state index contributed by atoms with van der Waals surface area (Å²) in [5, 5.41) is 27.7. The molecule has 6 nitrogen and oxygen atoms in total. The van der Waals surface area contributed by atoms with Crippen LogP contribution < -0.4 is 0 Å². The van der Waals surface area contributed by atoms with Crippen molar-refractivity contribution in [2.45, 2.75) is 25.6 Å². The molecule has 0 aliphatic carbocycles. The molecule has 0 radical (unpaired) electrons. The first kappa shape index (κ1) is 18.8. The lowest BCUT2D eigenvalue weighted by Crippen LogP contribution is -2.31. The number of halogens is 1. The molecule has 0 saturated carbocycles. The lowest BCUT2D eigenvalue weighted by Gasteiger charge is -2.16. The molecule has 1 aliphatic rings. The Morgan fingerprint density at radius 3 is 2.46 bits per heavy atom. The minimum atomic E-state index is -1.38. The van der Waals surface area contributed by atoms with Gasteiger partial charge in [-0.3, -0.25) is 9.59 Å². The van der Waals surface area contributed by atoms with Gasteiger partial charge in [0.15, 0.2) is 0 Å². The van der Waals surface area contributed by atoms with Gasteiger partial charge in [0, 0.05) is 18.1 Å². The van der Waals surface area contributed by atoms with Gasteiger partial charge in [-0.25, -0.2) is 0 Å². The van der Waals surface area contributed by atoms with E-state index in [1.54, 1.807) is 29.2 Å². The Kier molecular flexibility index (Phi) is 6.65. The van der Waals surface area contributed by atoms with E-state index in [1.807, 2.05) is 0 Å². The van der Waals surface area contributed by atoms with Gasteiger partial charge in [-0.1, -0.05) is 30.2 Å². The van der Waals surface area contributed by atoms with Gasteiger partial charge in [0.1, 0.15) is 0 Å². The van der Waals surface area contributed by atoms with E-state index in [9.17, 15) is 14.7 Å². The Hall–Kier alpha value is -1.57. The molecule has 2 atom stereocenters. The van der Waals surface area contributed by atoms with E-state index in [0.717, 1.165) is 5.56 Å². The molecule has 0 spiro atoms. The molecule has 1 heterocycles. The summed E-state index contributed by atoms with van der Waals surface area (Å²) in [7, 11) is -1.38. The van der Waals surface area contributed by atoms with Crippen LogP contribution in [0.4, 0.5) is 0 Å². The normalized spacial score (nSPS) is 20.2. The SMILES string of the molecule is O=C(O)[C@@H]1CN(C(=O)Cc2ccc(Cl)cc2)C[C@@H]1CCCB(O)O. The van der Waals surface area contributed by atoms with Gasteiger partial charge in [0.25, 0.3) is 0 Å². The van der Waals surface area contributed by atoms with Crippen LogP contribution in [0.3, 0.4) is 0 Å². The fourth-order valence-corrected chi connectivity index (χ4v) is 3.22. The summed E-state index contributed by atoms with van der Waals surface area (Å²) in [6, 6.07) is 7.00.